The lowest BCUT2D eigenvalue weighted by Gasteiger charge is -2.28. The second-order valence-corrected chi connectivity index (χ2v) is 6.17. The average Bonchev–Trinajstić information content (AvgIpc) is 3.06. The van der Waals surface area contributed by atoms with Gasteiger partial charge in [-0.1, -0.05) is 11.8 Å². The van der Waals surface area contributed by atoms with Crippen LogP contribution < -0.4 is 5.32 Å². The Bertz CT molecular complexity index is 406. The van der Waals surface area contributed by atoms with Crippen LogP contribution in [0.25, 0.3) is 0 Å². The Morgan fingerprint density at radius 1 is 1.68 bits per heavy atom. The van der Waals surface area contributed by atoms with Crippen molar-refractivity contribution in [3.8, 4) is 0 Å². The van der Waals surface area contributed by atoms with Gasteiger partial charge in [-0.15, -0.1) is 0 Å². The second kappa shape index (κ2) is 6.43. The van der Waals surface area contributed by atoms with Gasteiger partial charge >= 0.3 is 5.97 Å². The van der Waals surface area contributed by atoms with Crippen LogP contribution >= 0.6 is 11.8 Å². The second-order valence-electron chi connectivity index (χ2n) is 5.09. The molecule has 1 heterocycles. The molecular weight excluding hydrogens is 262 g/mol. The third-order valence-corrected chi connectivity index (χ3v) is 4.26. The van der Waals surface area contributed by atoms with E-state index >= 15 is 0 Å². The zero-order chi connectivity index (χ0) is 13.7. The van der Waals surface area contributed by atoms with Crippen LogP contribution in [-0.4, -0.2) is 40.4 Å². The first kappa shape index (κ1) is 14.4. The molecule has 1 atom stereocenters. The van der Waals surface area contributed by atoms with E-state index in [-0.39, 0.29) is 5.97 Å². The SMILES string of the molecule is COC(=O)C(C)(CCCSc1ncc[nH]1)NC1CC1. The Kier molecular flexibility index (Phi) is 4.87. The highest BCUT2D eigenvalue weighted by atomic mass is 32.2. The van der Waals surface area contributed by atoms with Crippen molar-refractivity contribution in [1.82, 2.24) is 15.3 Å². The van der Waals surface area contributed by atoms with Crippen molar-refractivity contribution in [2.75, 3.05) is 12.9 Å². The Morgan fingerprint density at radius 2 is 2.47 bits per heavy atom. The number of H-pyrrole nitrogens is 1. The van der Waals surface area contributed by atoms with Crippen molar-refractivity contribution in [3.05, 3.63) is 12.4 Å². The van der Waals surface area contributed by atoms with Gasteiger partial charge < -0.3 is 9.72 Å². The van der Waals surface area contributed by atoms with Crippen molar-refractivity contribution in [3.63, 3.8) is 0 Å². The smallest absolute Gasteiger partial charge is 0.325 e. The van der Waals surface area contributed by atoms with Crippen molar-refractivity contribution in [2.45, 2.75) is 49.3 Å². The maximum Gasteiger partial charge on any atom is 0.325 e. The van der Waals surface area contributed by atoms with Gasteiger partial charge in [0.1, 0.15) is 5.54 Å². The Balaban J connectivity index is 1.77. The number of esters is 1. The highest BCUT2D eigenvalue weighted by Gasteiger charge is 2.38. The molecule has 1 aliphatic rings. The molecule has 2 rings (SSSR count). The number of imidazole rings is 1. The van der Waals surface area contributed by atoms with Crippen molar-refractivity contribution in [2.24, 2.45) is 0 Å². The number of rotatable bonds is 8. The number of nitrogens with one attached hydrogen (secondary N) is 2. The quantitative estimate of drug-likeness (QED) is 0.434. The minimum Gasteiger partial charge on any atom is -0.468 e. The van der Waals surface area contributed by atoms with Gasteiger partial charge in [-0.05, 0) is 32.6 Å². The van der Waals surface area contributed by atoms with E-state index in [1.165, 1.54) is 7.11 Å². The van der Waals surface area contributed by atoms with Crippen LogP contribution in [0.2, 0.25) is 0 Å². The average molecular weight is 283 g/mol. The molecule has 1 aromatic rings. The maximum absolute atomic E-state index is 11.9. The summed E-state index contributed by atoms with van der Waals surface area (Å²) in [5, 5.41) is 4.33. The summed E-state index contributed by atoms with van der Waals surface area (Å²) >= 11 is 1.68. The van der Waals surface area contributed by atoms with E-state index in [9.17, 15) is 4.79 Å². The number of thioether (sulfide) groups is 1. The number of methoxy groups -OCH3 is 1. The number of carbonyl (C=O) groups is 1. The van der Waals surface area contributed by atoms with Crippen LogP contribution in [0, 0.1) is 0 Å². The third-order valence-electron chi connectivity index (χ3n) is 3.27. The van der Waals surface area contributed by atoms with E-state index < -0.39 is 5.54 Å². The van der Waals surface area contributed by atoms with E-state index in [4.69, 9.17) is 4.74 Å². The molecule has 0 bridgehead atoms. The standard InChI is InChI=1S/C13H21N3O2S/c1-13(11(17)18-2,16-10-4-5-10)6-3-9-19-12-14-7-8-15-12/h7-8,10,16H,3-6,9H2,1-2H3,(H,14,15). The van der Waals surface area contributed by atoms with Gasteiger partial charge in [0.25, 0.3) is 0 Å². The molecular formula is C13H21N3O2S. The Morgan fingerprint density at radius 3 is 3.05 bits per heavy atom. The molecule has 1 aromatic heterocycles. The number of hydrogen-bond donors (Lipinski definition) is 2. The summed E-state index contributed by atoms with van der Waals surface area (Å²) in [6.45, 7) is 1.94. The minimum atomic E-state index is -0.556. The van der Waals surface area contributed by atoms with Crippen molar-refractivity contribution >= 4 is 17.7 Å². The van der Waals surface area contributed by atoms with E-state index in [1.54, 1.807) is 18.0 Å². The van der Waals surface area contributed by atoms with Gasteiger partial charge in [0.05, 0.1) is 7.11 Å². The van der Waals surface area contributed by atoms with Gasteiger partial charge in [0.2, 0.25) is 0 Å². The fourth-order valence-electron chi connectivity index (χ4n) is 2.06. The van der Waals surface area contributed by atoms with E-state index in [1.807, 2.05) is 13.1 Å². The summed E-state index contributed by atoms with van der Waals surface area (Å²) in [6, 6.07) is 0.488. The summed E-state index contributed by atoms with van der Waals surface area (Å²) in [5.41, 5.74) is -0.556. The van der Waals surface area contributed by atoms with Gasteiger partial charge in [-0.3, -0.25) is 10.1 Å². The molecule has 0 amide bonds. The number of carbonyl (C=O) groups excluding carboxylic acids is 1. The summed E-state index contributed by atoms with van der Waals surface area (Å²) in [6.07, 6.45) is 7.60. The molecule has 0 spiro atoms. The van der Waals surface area contributed by atoms with Crippen LogP contribution in [0.15, 0.2) is 17.6 Å². The first-order valence-corrected chi connectivity index (χ1v) is 7.61. The van der Waals surface area contributed by atoms with Crippen LogP contribution in [0.5, 0.6) is 0 Å². The summed E-state index contributed by atoms with van der Waals surface area (Å²) in [4.78, 5) is 19.1. The van der Waals surface area contributed by atoms with Crippen LogP contribution in [-0.2, 0) is 9.53 Å². The van der Waals surface area contributed by atoms with E-state index in [0.717, 1.165) is 36.6 Å². The minimum absolute atomic E-state index is 0.164. The number of ether oxygens (including phenoxy) is 1. The van der Waals surface area contributed by atoms with Gasteiger partial charge in [0.15, 0.2) is 5.16 Å². The summed E-state index contributed by atoms with van der Waals surface area (Å²) in [5.74, 6) is 0.773. The highest BCUT2D eigenvalue weighted by Crippen LogP contribution is 2.26. The summed E-state index contributed by atoms with van der Waals surface area (Å²) in [7, 11) is 1.45. The number of hydrogen-bond acceptors (Lipinski definition) is 5. The molecule has 0 aliphatic heterocycles. The van der Waals surface area contributed by atoms with E-state index in [0.29, 0.717) is 6.04 Å². The molecule has 1 saturated carbocycles. The van der Waals surface area contributed by atoms with E-state index in [2.05, 4.69) is 15.3 Å². The number of aromatic amines is 1. The lowest BCUT2D eigenvalue weighted by molar-refractivity contribution is -0.148. The van der Waals surface area contributed by atoms with Gasteiger partial charge in [0, 0.05) is 24.2 Å². The maximum atomic E-state index is 11.9. The molecule has 2 N–H and O–H groups in total. The van der Waals surface area contributed by atoms with Gasteiger partial charge in [-0.25, -0.2) is 4.98 Å². The van der Waals surface area contributed by atoms with Gasteiger partial charge in [-0.2, -0.15) is 0 Å². The largest absolute Gasteiger partial charge is 0.468 e. The zero-order valence-corrected chi connectivity index (χ0v) is 12.3. The molecule has 1 fully saturated rings. The fraction of sp³-hybridized carbons (Fsp3) is 0.692. The normalized spacial score (nSPS) is 18.0. The first-order valence-electron chi connectivity index (χ1n) is 6.62. The molecule has 106 valence electrons. The summed E-state index contributed by atoms with van der Waals surface area (Å²) < 4.78 is 4.92. The lowest BCUT2D eigenvalue weighted by Crippen LogP contribution is -2.51. The van der Waals surface area contributed by atoms with Crippen molar-refractivity contribution in [1.29, 1.82) is 0 Å². The number of nitrogens with zero attached hydrogens (tertiary/aromatic N) is 1. The predicted molar refractivity (Wildman–Crippen MR) is 75.1 cm³/mol. The lowest BCUT2D eigenvalue weighted by atomic mass is 9.96. The first-order chi connectivity index (χ1) is 9.14. The Labute approximate surface area is 117 Å². The zero-order valence-electron chi connectivity index (χ0n) is 11.4. The molecule has 19 heavy (non-hydrogen) atoms. The topological polar surface area (TPSA) is 67.0 Å². The van der Waals surface area contributed by atoms with Crippen molar-refractivity contribution < 1.29 is 9.53 Å². The number of aromatic nitrogens is 2. The monoisotopic (exact) mass is 283 g/mol. The molecule has 1 aliphatic carbocycles. The molecule has 1 unspecified atom stereocenters. The van der Waals surface area contributed by atoms with Crippen LogP contribution in [0.3, 0.4) is 0 Å². The Hall–Kier alpha value is -1.01. The molecule has 0 radical (unpaired) electrons. The molecule has 6 heteroatoms. The van der Waals surface area contributed by atoms with Crippen LogP contribution in [0.1, 0.15) is 32.6 Å². The highest BCUT2D eigenvalue weighted by molar-refractivity contribution is 7.99. The predicted octanol–water partition coefficient (Wildman–Crippen LogP) is 1.97. The molecule has 5 nitrogen and oxygen atoms in total. The third kappa shape index (κ3) is 4.24. The molecule has 0 saturated heterocycles. The van der Waals surface area contributed by atoms with Crippen LogP contribution in [0.4, 0.5) is 0 Å². The fourth-order valence-corrected chi connectivity index (χ4v) is 2.83. The molecule has 0 aromatic carbocycles.